The molecular weight excluding hydrogens is 182 g/mol. The van der Waals surface area contributed by atoms with Crippen molar-refractivity contribution in [3.63, 3.8) is 0 Å². The van der Waals surface area contributed by atoms with Gasteiger partial charge in [-0.15, -0.1) is 0 Å². The predicted molar refractivity (Wildman–Crippen MR) is 66.3 cm³/mol. The van der Waals surface area contributed by atoms with Gasteiger partial charge in [0.05, 0.1) is 0 Å². The van der Waals surface area contributed by atoms with Gasteiger partial charge < -0.3 is 5.32 Å². The first-order chi connectivity index (χ1) is 7.16. The van der Waals surface area contributed by atoms with Crippen LogP contribution in [0.25, 0.3) is 0 Å². The van der Waals surface area contributed by atoms with Gasteiger partial charge >= 0.3 is 0 Å². The van der Waals surface area contributed by atoms with Crippen molar-refractivity contribution in [2.24, 2.45) is 5.92 Å². The van der Waals surface area contributed by atoms with Gasteiger partial charge in [0.25, 0.3) is 0 Å². The zero-order valence-electron chi connectivity index (χ0n) is 10.0. The molecule has 0 bridgehead atoms. The molecule has 1 saturated carbocycles. The molecule has 1 nitrogen and oxygen atoms in total. The van der Waals surface area contributed by atoms with E-state index in [9.17, 15) is 0 Å². The molecule has 1 heteroatoms. The normalized spacial score (nSPS) is 25.5. The summed E-state index contributed by atoms with van der Waals surface area (Å²) < 4.78 is 0. The highest BCUT2D eigenvalue weighted by molar-refractivity contribution is 5.49. The van der Waals surface area contributed by atoms with E-state index >= 15 is 0 Å². The van der Waals surface area contributed by atoms with E-state index in [-0.39, 0.29) is 0 Å². The van der Waals surface area contributed by atoms with Crippen LogP contribution in [0.15, 0.2) is 18.2 Å². The molecule has 2 rings (SSSR count). The third-order valence-electron chi connectivity index (χ3n) is 3.72. The molecule has 1 fully saturated rings. The summed E-state index contributed by atoms with van der Waals surface area (Å²) in [5, 5.41) is 3.66. The molecule has 15 heavy (non-hydrogen) atoms. The Labute approximate surface area is 92.9 Å². The van der Waals surface area contributed by atoms with Crippen LogP contribution in [0.3, 0.4) is 0 Å². The highest BCUT2D eigenvalue weighted by Gasteiger charge is 2.22. The average Bonchev–Trinajstić information content (AvgIpc) is 2.59. The number of hydrogen-bond donors (Lipinski definition) is 1. The lowest BCUT2D eigenvalue weighted by atomic mass is 10.0. The van der Waals surface area contributed by atoms with Gasteiger partial charge in [-0.25, -0.2) is 0 Å². The minimum Gasteiger partial charge on any atom is -0.382 e. The van der Waals surface area contributed by atoms with E-state index in [0.29, 0.717) is 6.04 Å². The summed E-state index contributed by atoms with van der Waals surface area (Å²) in [4.78, 5) is 0. The van der Waals surface area contributed by atoms with E-state index in [1.807, 2.05) is 0 Å². The lowest BCUT2D eigenvalue weighted by molar-refractivity contribution is 0.556. The molecule has 1 N–H and O–H groups in total. The maximum atomic E-state index is 3.66. The van der Waals surface area contributed by atoms with Gasteiger partial charge in [-0.1, -0.05) is 19.4 Å². The average molecular weight is 203 g/mol. The summed E-state index contributed by atoms with van der Waals surface area (Å²) >= 11 is 0. The minimum absolute atomic E-state index is 0.687. The molecule has 0 aliphatic heterocycles. The molecule has 1 aliphatic carbocycles. The van der Waals surface area contributed by atoms with Crippen LogP contribution >= 0.6 is 0 Å². The minimum atomic E-state index is 0.687. The molecule has 0 saturated heterocycles. The molecule has 0 amide bonds. The lowest BCUT2D eigenvalue weighted by Gasteiger charge is -2.19. The molecule has 2 atom stereocenters. The molecule has 1 aliphatic rings. The third-order valence-corrected chi connectivity index (χ3v) is 3.72. The summed E-state index contributed by atoms with van der Waals surface area (Å²) in [6.45, 7) is 6.70. The molecule has 0 aromatic heterocycles. The fourth-order valence-electron chi connectivity index (χ4n) is 2.41. The van der Waals surface area contributed by atoms with Crippen molar-refractivity contribution in [3.8, 4) is 0 Å². The van der Waals surface area contributed by atoms with E-state index in [1.165, 1.54) is 36.1 Å². The van der Waals surface area contributed by atoms with Gasteiger partial charge in [0.2, 0.25) is 0 Å². The quantitative estimate of drug-likeness (QED) is 0.768. The Morgan fingerprint density at radius 1 is 1.13 bits per heavy atom. The Hall–Kier alpha value is -0.980. The Morgan fingerprint density at radius 2 is 1.93 bits per heavy atom. The van der Waals surface area contributed by atoms with Crippen molar-refractivity contribution >= 4 is 5.69 Å². The smallest absolute Gasteiger partial charge is 0.0345 e. The van der Waals surface area contributed by atoms with E-state index in [1.54, 1.807) is 0 Å². The van der Waals surface area contributed by atoms with Crippen LogP contribution in [0.4, 0.5) is 5.69 Å². The fraction of sp³-hybridized carbons (Fsp3) is 0.571. The van der Waals surface area contributed by atoms with E-state index in [2.05, 4.69) is 44.3 Å². The second-order valence-electron chi connectivity index (χ2n) is 4.96. The largest absolute Gasteiger partial charge is 0.382 e. The maximum Gasteiger partial charge on any atom is 0.0345 e. The van der Waals surface area contributed by atoms with Crippen molar-refractivity contribution in [2.45, 2.75) is 46.1 Å². The topological polar surface area (TPSA) is 12.0 Å². The monoisotopic (exact) mass is 203 g/mol. The van der Waals surface area contributed by atoms with Crippen molar-refractivity contribution < 1.29 is 0 Å². The van der Waals surface area contributed by atoms with Gasteiger partial charge in [-0.05, 0) is 55.9 Å². The van der Waals surface area contributed by atoms with Crippen LogP contribution < -0.4 is 5.32 Å². The number of nitrogens with one attached hydrogen (secondary N) is 1. The first kappa shape index (κ1) is 10.5. The first-order valence-corrected chi connectivity index (χ1v) is 6.00. The number of benzene rings is 1. The Balaban J connectivity index is 2.07. The molecular formula is C14H21N. The van der Waals surface area contributed by atoms with Gasteiger partial charge in [0.15, 0.2) is 0 Å². The van der Waals surface area contributed by atoms with Crippen LogP contribution in [-0.2, 0) is 0 Å². The molecule has 1 aromatic carbocycles. The third kappa shape index (κ3) is 2.34. The number of aryl methyl sites for hydroxylation is 2. The molecule has 0 heterocycles. The Morgan fingerprint density at radius 3 is 2.53 bits per heavy atom. The first-order valence-electron chi connectivity index (χ1n) is 6.00. The summed E-state index contributed by atoms with van der Waals surface area (Å²) in [5.74, 6) is 0.826. The lowest BCUT2D eigenvalue weighted by Crippen LogP contribution is -2.21. The number of rotatable bonds is 2. The molecule has 0 radical (unpaired) electrons. The second kappa shape index (κ2) is 4.26. The molecule has 2 unspecified atom stereocenters. The Bertz CT molecular complexity index is 343. The van der Waals surface area contributed by atoms with Crippen LogP contribution in [0.5, 0.6) is 0 Å². The van der Waals surface area contributed by atoms with Crippen molar-refractivity contribution in [2.75, 3.05) is 5.32 Å². The number of anilines is 1. The van der Waals surface area contributed by atoms with Crippen molar-refractivity contribution in [1.29, 1.82) is 0 Å². The summed E-state index contributed by atoms with van der Waals surface area (Å²) in [5.41, 5.74) is 4.04. The fourth-order valence-corrected chi connectivity index (χ4v) is 2.41. The zero-order chi connectivity index (χ0) is 10.8. The summed E-state index contributed by atoms with van der Waals surface area (Å²) in [7, 11) is 0. The predicted octanol–water partition coefficient (Wildman–Crippen LogP) is 3.90. The van der Waals surface area contributed by atoms with Crippen LogP contribution in [0.1, 0.15) is 37.3 Å². The molecule has 82 valence electrons. The van der Waals surface area contributed by atoms with Crippen molar-refractivity contribution in [3.05, 3.63) is 29.3 Å². The SMILES string of the molecule is Cc1ccc(NC2CCCC2C)cc1C. The summed E-state index contributed by atoms with van der Waals surface area (Å²) in [6, 6.07) is 7.36. The van der Waals surface area contributed by atoms with Crippen molar-refractivity contribution in [1.82, 2.24) is 0 Å². The molecule has 1 aromatic rings. The number of hydrogen-bond acceptors (Lipinski definition) is 1. The van der Waals surface area contributed by atoms with Crippen LogP contribution in [0.2, 0.25) is 0 Å². The van der Waals surface area contributed by atoms with Crippen LogP contribution in [-0.4, -0.2) is 6.04 Å². The van der Waals surface area contributed by atoms with Gasteiger partial charge in [0.1, 0.15) is 0 Å². The van der Waals surface area contributed by atoms with Gasteiger partial charge in [-0.2, -0.15) is 0 Å². The van der Waals surface area contributed by atoms with E-state index in [0.717, 1.165) is 5.92 Å². The van der Waals surface area contributed by atoms with E-state index in [4.69, 9.17) is 0 Å². The standard InChI is InChI=1S/C14H21N/c1-10-7-8-13(9-12(10)3)15-14-6-4-5-11(14)2/h7-9,11,14-15H,4-6H2,1-3H3. The summed E-state index contributed by atoms with van der Waals surface area (Å²) in [6.07, 6.45) is 4.08. The van der Waals surface area contributed by atoms with Crippen LogP contribution in [0, 0.1) is 19.8 Å². The van der Waals surface area contributed by atoms with Gasteiger partial charge in [0, 0.05) is 11.7 Å². The molecule has 0 spiro atoms. The highest BCUT2D eigenvalue weighted by Crippen LogP contribution is 2.28. The van der Waals surface area contributed by atoms with Gasteiger partial charge in [-0.3, -0.25) is 0 Å². The van der Waals surface area contributed by atoms with E-state index < -0.39 is 0 Å². The second-order valence-corrected chi connectivity index (χ2v) is 4.96. The Kier molecular flexibility index (Phi) is 2.99. The zero-order valence-corrected chi connectivity index (χ0v) is 10.0. The maximum absolute atomic E-state index is 3.66. The highest BCUT2D eigenvalue weighted by atomic mass is 14.9.